The minimum atomic E-state index is 0. The maximum absolute atomic E-state index is 7.50. The minimum Gasteiger partial charge on any atom is 0 e. The minimum absolute atomic E-state index is 0. The molecule has 0 saturated heterocycles. The third-order valence-electron chi connectivity index (χ3n) is 0.637. The van der Waals surface area contributed by atoms with Gasteiger partial charge in [-0.25, -0.2) is 4.98 Å². The van der Waals surface area contributed by atoms with Crippen LogP contribution < -0.4 is 0 Å². The van der Waals surface area contributed by atoms with E-state index in [0.717, 1.165) is 0 Å². The number of imidazole rings is 1. The molecule has 0 unspecified atom stereocenters. The van der Waals surface area contributed by atoms with E-state index >= 15 is 0 Å². The molecule has 1 aromatic rings. The fraction of sp³-hybridized carbons (Fsp3) is 0.111. The van der Waals surface area contributed by atoms with Gasteiger partial charge in [0.05, 0.1) is 6.33 Å². The Morgan fingerprint density at radius 1 is 0.824 bits per heavy atom. The van der Waals surface area contributed by atoms with Crippen LogP contribution in [0.5, 0.6) is 0 Å². The van der Waals surface area contributed by atoms with Crippen LogP contribution >= 0.6 is 0 Å². The molecule has 0 saturated carbocycles. The molecule has 1 rings (SSSR count). The van der Waals surface area contributed by atoms with E-state index < -0.39 is 0 Å². The standard InChI is InChI=1S/C4H6N2.5CO.Cr/c1-6-3-2-5-4-6;5*1-2;/h2-4H,1H3;;;;;;. The monoisotopic (exact) mass is 274 g/mol. The molecule has 0 bridgehead atoms. The molecule has 7 nitrogen and oxygen atoms in total. The Balaban J connectivity index is -0.0000000242. The summed E-state index contributed by atoms with van der Waals surface area (Å²) in [6, 6.07) is 0. The van der Waals surface area contributed by atoms with Crippen molar-refractivity contribution in [3.63, 3.8) is 0 Å². The van der Waals surface area contributed by atoms with E-state index in [1.807, 2.05) is 17.8 Å². The summed E-state index contributed by atoms with van der Waals surface area (Å²) in [6.07, 6.45) is 5.39. The van der Waals surface area contributed by atoms with Crippen LogP contribution in [0.4, 0.5) is 0 Å². The third-order valence-corrected chi connectivity index (χ3v) is 0.637. The van der Waals surface area contributed by atoms with Crippen molar-refractivity contribution in [2.45, 2.75) is 0 Å². The molecular formula is C9H6CrN2O5. The summed E-state index contributed by atoms with van der Waals surface area (Å²) in [5, 5.41) is 0. The number of hydrogen-bond acceptors (Lipinski definition) is 1. The average Bonchev–Trinajstić information content (AvgIpc) is 2.92. The molecule has 0 aliphatic heterocycles. The molecule has 17 heavy (non-hydrogen) atoms. The molecule has 0 atom stereocenters. The molecule has 0 aliphatic carbocycles. The van der Waals surface area contributed by atoms with Gasteiger partial charge in [0, 0.05) is 36.8 Å². The Morgan fingerprint density at radius 3 is 1.18 bits per heavy atom. The summed E-state index contributed by atoms with van der Waals surface area (Å²) in [5.74, 6) is 0. The van der Waals surface area contributed by atoms with Crippen LogP contribution in [0.2, 0.25) is 0 Å². The predicted octanol–water partition coefficient (Wildman–Crippen LogP) is 0.230. The Bertz CT molecular complexity index is 252. The van der Waals surface area contributed by atoms with Crippen molar-refractivity contribution in [3.8, 4) is 0 Å². The molecule has 8 heteroatoms. The van der Waals surface area contributed by atoms with Gasteiger partial charge in [0.1, 0.15) is 0 Å². The van der Waals surface area contributed by atoms with Gasteiger partial charge in [-0.2, -0.15) is 0 Å². The van der Waals surface area contributed by atoms with Crippen molar-refractivity contribution in [2.75, 3.05) is 0 Å². The van der Waals surface area contributed by atoms with E-state index in [-0.39, 0.29) is 17.4 Å². The number of aryl methyl sites for hydroxylation is 1. The smallest absolute Gasteiger partial charge is 0 e. The van der Waals surface area contributed by atoms with E-state index in [1.54, 1.807) is 12.5 Å². The van der Waals surface area contributed by atoms with Crippen molar-refractivity contribution in [2.24, 2.45) is 7.05 Å². The number of rotatable bonds is 0. The van der Waals surface area contributed by atoms with Gasteiger partial charge in [-0.15, -0.1) is 0 Å². The Labute approximate surface area is 110 Å². The normalized spacial score (nSPS) is 3.71. The topological polar surface area (TPSA) is 117 Å². The van der Waals surface area contributed by atoms with Gasteiger partial charge in [-0.3, -0.25) is 0 Å². The maximum Gasteiger partial charge on any atom is 0 e. The summed E-state index contributed by atoms with van der Waals surface area (Å²) in [7, 11) is 1.94. The number of nitrogens with zero attached hydrogens (tertiary/aromatic N) is 2. The third kappa shape index (κ3) is 75.5. The molecule has 0 aliphatic rings. The molecule has 0 N–H and O–H groups in total. The van der Waals surface area contributed by atoms with Gasteiger partial charge in [0.25, 0.3) is 0 Å². The number of aromatic nitrogens is 2. The van der Waals surface area contributed by atoms with Crippen molar-refractivity contribution < 1.29 is 40.6 Å². The molecule has 1 heterocycles. The first-order valence-electron chi connectivity index (χ1n) is 2.83. The van der Waals surface area contributed by atoms with E-state index in [1.165, 1.54) is 0 Å². The molecule has 0 amide bonds. The summed E-state index contributed by atoms with van der Waals surface area (Å²) in [6.45, 7) is 22.5. The van der Waals surface area contributed by atoms with Crippen LogP contribution in [0.3, 0.4) is 0 Å². The quantitative estimate of drug-likeness (QED) is 0.488. The van der Waals surface area contributed by atoms with E-state index in [4.69, 9.17) is 23.3 Å². The second kappa shape index (κ2) is 88.1. The Morgan fingerprint density at radius 2 is 1.12 bits per heavy atom. The zero-order valence-electron chi connectivity index (χ0n) is 8.58. The first kappa shape index (κ1) is 36.1. The van der Waals surface area contributed by atoms with Crippen LogP contribution in [-0.4, -0.2) is 9.55 Å². The van der Waals surface area contributed by atoms with E-state index in [2.05, 4.69) is 38.2 Å². The SMILES string of the molecule is Cn1ccnc1.[C-]#[O+].[C-]#[O+].[C-]#[O+].[C-]#[O+].[C-]#[O+].[Cr]. The first-order chi connectivity index (χ1) is 7.89. The molecular weight excluding hydrogens is 268 g/mol. The molecule has 88 valence electrons. The van der Waals surface area contributed by atoms with Crippen LogP contribution in [-0.2, 0) is 47.7 Å². The molecule has 0 radical (unpaired) electrons. The van der Waals surface area contributed by atoms with Gasteiger partial charge in [0.15, 0.2) is 0 Å². The van der Waals surface area contributed by atoms with E-state index in [0.29, 0.717) is 0 Å². The van der Waals surface area contributed by atoms with Gasteiger partial charge in [-0.1, -0.05) is 0 Å². The van der Waals surface area contributed by atoms with Gasteiger partial charge in [-0.05, 0) is 0 Å². The second-order valence-electron chi connectivity index (χ2n) is 1.23. The van der Waals surface area contributed by atoms with Gasteiger partial charge in [0.2, 0.25) is 0 Å². The fourth-order valence-corrected chi connectivity index (χ4v) is 0.326. The second-order valence-corrected chi connectivity index (χ2v) is 1.23. The maximum atomic E-state index is 7.50. The van der Waals surface area contributed by atoms with Crippen LogP contribution in [0, 0.1) is 33.3 Å². The summed E-state index contributed by atoms with van der Waals surface area (Å²) >= 11 is 0. The molecule has 0 fully saturated rings. The number of hydrogen-bond donors (Lipinski definition) is 0. The fourth-order valence-electron chi connectivity index (χ4n) is 0.326. The average molecular weight is 274 g/mol. The summed E-state index contributed by atoms with van der Waals surface area (Å²) in [4.78, 5) is 3.78. The van der Waals surface area contributed by atoms with Crippen LogP contribution in [0.25, 0.3) is 0 Å². The van der Waals surface area contributed by atoms with Crippen LogP contribution in [0.15, 0.2) is 18.7 Å². The van der Waals surface area contributed by atoms with Gasteiger partial charge < -0.3 is 4.57 Å². The Kier molecular flexibility index (Phi) is 187. The van der Waals surface area contributed by atoms with Gasteiger partial charge >= 0.3 is 56.5 Å². The molecule has 0 aromatic carbocycles. The van der Waals surface area contributed by atoms with E-state index in [9.17, 15) is 0 Å². The first-order valence-corrected chi connectivity index (χ1v) is 2.83. The van der Waals surface area contributed by atoms with Crippen LogP contribution in [0.1, 0.15) is 0 Å². The van der Waals surface area contributed by atoms with Crippen molar-refractivity contribution in [1.82, 2.24) is 9.55 Å². The van der Waals surface area contributed by atoms with Crippen molar-refractivity contribution in [1.29, 1.82) is 0 Å². The summed E-state index contributed by atoms with van der Waals surface area (Å²) < 4.78 is 39.4. The zero-order chi connectivity index (χ0) is 14.4. The molecule has 0 spiro atoms. The zero-order valence-corrected chi connectivity index (χ0v) is 9.85. The molecule has 1 aromatic heterocycles. The van der Waals surface area contributed by atoms with Crippen molar-refractivity contribution in [3.05, 3.63) is 52.0 Å². The predicted molar refractivity (Wildman–Crippen MR) is 42.9 cm³/mol. The summed E-state index contributed by atoms with van der Waals surface area (Å²) in [5.41, 5.74) is 0. The van der Waals surface area contributed by atoms with Crippen molar-refractivity contribution >= 4 is 0 Å². The Hall–Kier alpha value is -1.56. The largest absolute Gasteiger partial charge is 0 e.